The molecule has 4 rings (SSSR count). The third kappa shape index (κ3) is 2.99. The van der Waals surface area contributed by atoms with Crippen molar-refractivity contribution < 1.29 is 13.9 Å². The van der Waals surface area contributed by atoms with E-state index in [4.69, 9.17) is 4.74 Å². The molecule has 7 heteroatoms. The summed E-state index contributed by atoms with van der Waals surface area (Å²) in [5.74, 6) is -0.317. The van der Waals surface area contributed by atoms with Crippen molar-refractivity contribution in [3.8, 4) is 0 Å². The molecule has 0 spiro atoms. The topological polar surface area (TPSA) is 56.0 Å². The average molecular weight is 357 g/mol. The van der Waals surface area contributed by atoms with Crippen LogP contribution in [0, 0.1) is 5.82 Å². The molecule has 1 aliphatic rings. The number of carbonyl (C=O) groups is 1. The van der Waals surface area contributed by atoms with Gasteiger partial charge in [0.05, 0.1) is 24.2 Å². The molecular formula is C19H20FN3O3. The largest absolute Gasteiger partial charge is 0.378 e. The van der Waals surface area contributed by atoms with Gasteiger partial charge in [0.15, 0.2) is 0 Å². The highest BCUT2D eigenvalue weighted by molar-refractivity contribution is 5.79. The Balaban J connectivity index is 1.60. The van der Waals surface area contributed by atoms with Crippen LogP contribution >= 0.6 is 0 Å². The summed E-state index contributed by atoms with van der Waals surface area (Å²) in [6.45, 7) is 2.74. The second-order valence-corrected chi connectivity index (χ2v) is 6.45. The van der Waals surface area contributed by atoms with E-state index in [2.05, 4.69) is 0 Å². The molecule has 3 aromatic rings. The van der Waals surface area contributed by atoms with E-state index in [0.29, 0.717) is 56.7 Å². The summed E-state index contributed by atoms with van der Waals surface area (Å²) in [7, 11) is 0. The fourth-order valence-corrected chi connectivity index (χ4v) is 3.51. The van der Waals surface area contributed by atoms with Gasteiger partial charge in [-0.1, -0.05) is 0 Å². The van der Waals surface area contributed by atoms with Gasteiger partial charge in [-0.15, -0.1) is 0 Å². The van der Waals surface area contributed by atoms with Gasteiger partial charge in [-0.05, 0) is 36.8 Å². The first-order chi connectivity index (χ1) is 12.6. The number of hydrogen-bond donors (Lipinski definition) is 0. The van der Waals surface area contributed by atoms with Crippen molar-refractivity contribution in [3.05, 3.63) is 52.7 Å². The van der Waals surface area contributed by atoms with Crippen molar-refractivity contribution in [1.82, 2.24) is 13.9 Å². The van der Waals surface area contributed by atoms with E-state index < -0.39 is 0 Å². The number of morpholine rings is 1. The third-order valence-electron chi connectivity index (χ3n) is 4.84. The van der Waals surface area contributed by atoms with Crippen molar-refractivity contribution in [2.45, 2.75) is 19.4 Å². The fraction of sp³-hybridized carbons (Fsp3) is 0.368. The first-order valence-corrected chi connectivity index (χ1v) is 8.80. The monoisotopic (exact) mass is 357 g/mol. The number of hydrogen-bond acceptors (Lipinski definition) is 3. The Morgan fingerprint density at radius 1 is 1.12 bits per heavy atom. The molecule has 2 aromatic heterocycles. The molecule has 0 bridgehead atoms. The van der Waals surface area contributed by atoms with Gasteiger partial charge >= 0.3 is 0 Å². The molecule has 1 saturated heterocycles. The molecule has 1 fully saturated rings. The molecular weight excluding hydrogens is 337 g/mol. The maximum Gasteiger partial charge on any atom is 0.275 e. The minimum atomic E-state index is -0.387. The van der Waals surface area contributed by atoms with Crippen molar-refractivity contribution >= 4 is 22.5 Å². The normalized spacial score (nSPS) is 15.0. The number of fused-ring (bicyclic) bond motifs is 3. The Bertz CT molecular complexity index is 1020. The van der Waals surface area contributed by atoms with Crippen LogP contribution in [0.1, 0.15) is 12.8 Å². The maximum absolute atomic E-state index is 13.8. The van der Waals surface area contributed by atoms with Gasteiger partial charge < -0.3 is 18.6 Å². The highest BCUT2D eigenvalue weighted by Gasteiger charge is 2.17. The van der Waals surface area contributed by atoms with Crippen LogP contribution in [-0.2, 0) is 16.1 Å². The van der Waals surface area contributed by atoms with E-state index in [1.807, 2.05) is 0 Å². The first kappa shape index (κ1) is 16.8. The minimum absolute atomic E-state index is 0.0700. The highest BCUT2D eigenvalue weighted by atomic mass is 19.1. The van der Waals surface area contributed by atoms with Gasteiger partial charge in [-0.25, -0.2) is 4.39 Å². The summed E-state index contributed by atoms with van der Waals surface area (Å²) in [6, 6.07) is 7.98. The highest BCUT2D eigenvalue weighted by Crippen LogP contribution is 2.17. The van der Waals surface area contributed by atoms with Crippen LogP contribution in [0.5, 0.6) is 0 Å². The van der Waals surface area contributed by atoms with E-state index in [0.717, 1.165) is 5.52 Å². The molecule has 0 N–H and O–H groups in total. The lowest BCUT2D eigenvalue weighted by Crippen LogP contribution is -2.40. The lowest BCUT2D eigenvalue weighted by molar-refractivity contribution is -0.135. The molecule has 1 aliphatic heterocycles. The number of halogens is 1. The summed E-state index contributed by atoms with van der Waals surface area (Å²) >= 11 is 0. The molecule has 0 atom stereocenters. The van der Waals surface area contributed by atoms with Crippen LogP contribution in [0.15, 0.2) is 41.3 Å². The zero-order valence-electron chi connectivity index (χ0n) is 14.4. The Morgan fingerprint density at radius 3 is 2.73 bits per heavy atom. The van der Waals surface area contributed by atoms with Crippen LogP contribution in [0.4, 0.5) is 4.39 Å². The number of nitrogens with zero attached hydrogens (tertiary/aromatic N) is 3. The van der Waals surface area contributed by atoms with Crippen molar-refractivity contribution in [2.75, 3.05) is 26.3 Å². The zero-order valence-corrected chi connectivity index (χ0v) is 14.4. The number of aryl methyl sites for hydroxylation is 1. The molecule has 136 valence electrons. The lowest BCUT2D eigenvalue weighted by Gasteiger charge is -2.26. The number of rotatable bonds is 4. The molecule has 6 nitrogen and oxygen atoms in total. The molecule has 26 heavy (non-hydrogen) atoms. The molecule has 0 radical (unpaired) electrons. The van der Waals surface area contributed by atoms with Gasteiger partial charge in [-0.2, -0.15) is 0 Å². The Morgan fingerprint density at radius 2 is 1.92 bits per heavy atom. The van der Waals surface area contributed by atoms with E-state index >= 15 is 0 Å². The Hall–Kier alpha value is -2.67. The van der Waals surface area contributed by atoms with Crippen LogP contribution < -0.4 is 5.56 Å². The Labute approximate surface area is 149 Å². The van der Waals surface area contributed by atoms with E-state index in [9.17, 15) is 14.0 Å². The van der Waals surface area contributed by atoms with E-state index in [-0.39, 0.29) is 17.3 Å². The first-order valence-electron chi connectivity index (χ1n) is 8.80. The predicted octanol–water partition coefficient (Wildman–Crippen LogP) is 2.03. The molecule has 0 saturated carbocycles. The molecule has 1 aromatic carbocycles. The van der Waals surface area contributed by atoms with Crippen molar-refractivity contribution in [3.63, 3.8) is 0 Å². The summed E-state index contributed by atoms with van der Waals surface area (Å²) in [4.78, 5) is 26.9. The zero-order chi connectivity index (χ0) is 18.1. The van der Waals surface area contributed by atoms with E-state index in [1.54, 1.807) is 38.3 Å². The van der Waals surface area contributed by atoms with Gasteiger partial charge in [0, 0.05) is 32.3 Å². The number of benzene rings is 1. The second-order valence-electron chi connectivity index (χ2n) is 6.45. The molecule has 3 heterocycles. The minimum Gasteiger partial charge on any atom is -0.378 e. The van der Waals surface area contributed by atoms with Crippen LogP contribution in [0.3, 0.4) is 0 Å². The smallest absolute Gasteiger partial charge is 0.275 e. The SMILES string of the molecule is O=C(CCCn1c(=O)c2cccn2c2ccc(F)cc21)N1CCOCC1. The Kier molecular flexibility index (Phi) is 4.46. The van der Waals surface area contributed by atoms with Crippen LogP contribution in [-0.4, -0.2) is 46.1 Å². The lowest BCUT2D eigenvalue weighted by atomic mass is 10.2. The van der Waals surface area contributed by atoms with E-state index in [1.165, 1.54) is 12.1 Å². The number of aromatic nitrogens is 2. The van der Waals surface area contributed by atoms with Gasteiger partial charge in [0.1, 0.15) is 11.3 Å². The third-order valence-corrected chi connectivity index (χ3v) is 4.84. The predicted molar refractivity (Wildman–Crippen MR) is 95.8 cm³/mol. The number of ether oxygens (including phenoxy) is 1. The average Bonchev–Trinajstić information content (AvgIpc) is 3.15. The van der Waals surface area contributed by atoms with Crippen molar-refractivity contribution in [2.24, 2.45) is 0 Å². The molecule has 0 aliphatic carbocycles. The summed E-state index contributed by atoms with van der Waals surface area (Å²) in [5.41, 5.74) is 1.68. The standard InChI is InChI=1S/C19H20FN3O3/c20-14-5-6-15-17(13-14)23(19(25)16-3-1-7-22(15)16)8-2-4-18(24)21-9-11-26-12-10-21/h1,3,5-7,13H,2,4,8-12H2. The summed E-state index contributed by atoms with van der Waals surface area (Å²) < 4.78 is 22.4. The van der Waals surface area contributed by atoms with Gasteiger partial charge in [-0.3, -0.25) is 9.59 Å². The van der Waals surface area contributed by atoms with Gasteiger partial charge in [0.25, 0.3) is 5.56 Å². The molecule has 0 unspecified atom stereocenters. The molecule has 1 amide bonds. The maximum atomic E-state index is 13.8. The van der Waals surface area contributed by atoms with Gasteiger partial charge in [0.2, 0.25) is 5.91 Å². The van der Waals surface area contributed by atoms with Crippen molar-refractivity contribution in [1.29, 1.82) is 0 Å². The fourth-order valence-electron chi connectivity index (χ4n) is 3.51. The van der Waals surface area contributed by atoms with Crippen LogP contribution in [0.25, 0.3) is 16.6 Å². The summed E-state index contributed by atoms with van der Waals surface area (Å²) in [5, 5.41) is 0. The second kappa shape index (κ2) is 6.92. The number of amides is 1. The number of carbonyl (C=O) groups excluding carboxylic acids is 1. The quantitative estimate of drug-likeness (QED) is 0.718. The summed E-state index contributed by atoms with van der Waals surface area (Å²) in [6.07, 6.45) is 2.68. The van der Waals surface area contributed by atoms with Crippen LogP contribution in [0.2, 0.25) is 0 Å².